The molecule has 0 saturated heterocycles. The normalized spacial score (nSPS) is 30.6. The van der Waals surface area contributed by atoms with E-state index >= 15 is 0 Å². The number of rotatable bonds is 2. The van der Waals surface area contributed by atoms with Gasteiger partial charge in [-0.15, -0.1) is 0 Å². The van der Waals surface area contributed by atoms with Crippen LogP contribution < -0.4 is 5.69 Å². The molecule has 0 amide bonds. The lowest BCUT2D eigenvalue weighted by Crippen LogP contribution is -2.18. The van der Waals surface area contributed by atoms with Crippen molar-refractivity contribution in [1.29, 1.82) is 0 Å². The van der Waals surface area contributed by atoms with Gasteiger partial charge in [-0.2, -0.15) is 5.10 Å². The van der Waals surface area contributed by atoms with Gasteiger partial charge < -0.3 is 5.11 Å². The second-order valence-electron chi connectivity index (χ2n) is 4.19. The minimum absolute atomic E-state index is 0.170. The molecule has 1 fully saturated rings. The summed E-state index contributed by atoms with van der Waals surface area (Å²) in [5, 5.41) is 15.1. The molecule has 3 N–H and O–H groups in total. The average Bonchev–Trinajstić information content (AvgIpc) is 2.71. The molecule has 1 aromatic heterocycles. The van der Waals surface area contributed by atoms with Gasteiger partial charge in [0, 0.05) is 5.92 Å². The van der Waals surface area contributed by atoms with Crippen LogP contribution in [0.2, 0.25) is 0 Å². The second-order valence-corrected chi connectivity index (χ2v) is 4.19. The lowest BCUT2D eigenvalue weighted by molar-refractivity contribution is -0.142. The van der Waals surface area contributed by atoms with Crippen LogP contribution >= 0.6 is 0 Å². The number of hydrogen-bond donors (Lipinski definition) is 3. The van der Waals surface area contributed by atoms with Gasteiger partial charge in [-0.05, 0) is 18.8 Å². The molecular formula is C9H13N3O3. The summed E-state index contributed by atoms with van der Waals surface area (Å²) in [7, 11) is 0. The summed E-state index contributed by atoms with van der Waals surface area (Å²) in [5.41, 5.74) is -0.381. The van der Waals surface area contributed by atoms with Crippen LogP contribution in [-0.2, 0) is 4.79 Å². The third kappa shape index (κ3) is 1.79. The fourth-order valence-electron chi connectivity index (χ4n) is 2.33. The summed E-state index contributed by atoms with van der Waals surface area (Å²) in [4.78, 5) is 24.4. The van der Waals surface area contributed by atoms with Crippen LogP contribution in [0.25, 0.3) is 0 Å². The molecule has 15 heavy (non-hydrogen) atoms. The maximum absolute atomic E-state index is 11.0. The monoisotopic (exact) mass is 211 g/mol. The Labute approximate surface area is 85.7 Å². The van der Waals surface area contributed by atoms with Crippen molar-refractivity contribution in [2.75, 3.05) is 0 Å². The summed E-state index contributed by atoms with van der Waals surface area (Å²) in [5.74, 6) is -0.586. The summed E-state index contributed by atoms with van der Waals surface area (Å²) in [6.45, 7) is 2.01. The van der Waals surface area contributed by atoms with Crippen LogP contribution in [0.3, 0.4) is 0 Å². The van der Waals surface area contributed by atoms with Gasteiger partial charge in [0.15, 0.2) is 0 Å². The average molecular weight is 211 g/mol. The maximum atomic E-state index is 11.0. The van der Waals surface area contributed by atoms with E-state index in [-0.39, 0.29) is 11.6 Å². The molecule has 6 heteroatoms. The van der Waals surface area contributed by atoms with E-state index < -0.39 is 11.9 Å². The van der Waals surface area contributed by atoms with Crippen LogP contribution in [0.5, 0.6) is 0 Å². The van der Waals surface area contributed by atoms with E-state index in [0.717, 1.165) is 6.42 Å². The molecule has 1 saturated carbocycles. The summed E-state index contributed by atoms with van der Waals surface area (Å²) < 4.78 is 0. The quantitative estimate of drug-likeness (QED) is 0.655. The molecule has 2 rings (SSSR count). The predicted molar refractivity (Wildman–Crippen MR) is 51.5 cm³/mol. The van der Waals surface area contributed by atoms with Crippen LogP contribution in [0.1, 0.15) is 31.5 Å². The molecule has 1 aliphatic rings. The van der Waals surface area contributed by atoms with Gasteiger partial charge >= 0.3 is 11.7 Å². The zero-order chi connectivity index (χ0) is 11.0. The highest BCUT2D eigenvalue weighted by Crippen LogP contribution is 2.41. The highest BCUT2D eigenvalue weighted by atomic mass is 16.4. The third-order valence-electron chi connectivity index (χ3n) is 2.99. The maximum Gasteiger partial charge on any atom is 0.340 e. The fourth-order valence-corrected chi connectivity index (χ4v) is 2.33. The van der Waals surface area contributed by atoms with Crippen molar-refractivity contribution in [3.05, 3.63) is 16.3 Å². The van der Waals surface area contributed by atoms with Gasteiger partial charge in [0.25, 0.3) is 0 Å². The predicted octanol–water partition coefficient (Wildman–Crippen LogP) is 0.312. The number of carboxylic acid groups (broad SMARTS) is 1. The molecule has 0 aliphatic heterocycles. The largest absolute Gasteiger partial charge is 0.481 e. The first-order valence-electron chi connectivity index (χ1n) is 4.95. The van der Waals surface area contributed by atoms with Crippen LogP contribution in [-0.4, -0.2) is 26.3 Å². The van der Waals surface area contributed by atoms with Crippen molar-refractivity contribution in [2.24, 2.45) is 11.8 Å². The first kappa shape index (κ1) is 9.95. The first-order valence-corrected chi connectivity index (χ1v) is 4.95. The highest BCUT2D eigenvalue weighted by Gasteiger charge is 2.39. The highest BCUT2D eigenvalue weighted by molar-refractivity contribution is 5.71. The van der Waals surface area contributed by atoms with Crippen molar-refractivity contribution in [3.63, 3.8) is 0 Å². The third-order valence-corrected chi connectivity index (χ3v) is 2.99. The molecule has 6 nitrogen and oxygen atoms in total. The van der Waals surface area contributed by atoms with E-state index in [1.807, 2.05) is 6.92 Å². The standard InChI is InChI=1S/C9H13N3O3/c1-4-2-5(6(3-4)8(13)14)7-10-9(15)12-11-7/h4-6H,2-3H2,1H3,(H,13,14)(H2,10,11,12,15). The van der Waals surface area contributed by atoms with Crippen molar-refractivity contribution >= 4 is 5.97 Å². The zero-order valence-corrected chi connectivity index (χ0v) is 8.36. The Bertz CT molecular complexity index is 422. The van der Waals surface area contributed by atoms with Crippen molar-refractivity contribution in [2.45, 2.75) is 25.7 Å². The van der Waals surface area contributed by atoms with E-state index in [1.54, 1.807) is 0 Å². The Balaban J connectivity index is 2.27. The number of hydrogen-bond acceptors (Lipinski definition) is 3. The summed E-state index contributed by atoms with van der Waals surface area (Å²) >= 11 is 0. The molecule has 0 radical (unpaired) electrons. The minimum Gasteiger partial charge on any atom is -0.481 e. The smallest absolute Gasteiger partial charge is 0.340 e. The molecule has 3 unspecified atom stereocenters. The Morgan fingerprint density at radius 3 is 2.80 bits per heavy atom. The molecule has 1 heterocycles. The van der Waals surface area contributed by atoms with Crippen molar-refractivity contribution < 1.29 is 9.90 Å². The minimum atomic E-state index is -0.812. The Hall–Kier alpha value is -1.59. The summed E-state index contributed by atoms with van der Waals surface area (Å²) in [6, 6.07) is 0. The topological polar surface area (TPSA) is 98.8 Å². The van der Waals surface area contributed by atoms with Crippen LogP contribution in [0, 0.1) is 11.8 Å². The summed E-state index contributed by atoms with van der Waals surface area (Å²) in [6.07, 6.45) is 1.41. The van der Waals surface area contributed by atoms with Crippen molar-refractivity contribution in [3.8, 4) is 0 Å². The Morgan fingerprint density at radius 1 is 1.53 bits per heavy atom. The van der Waals surface area contributed by atoms with E-state index in [4.69, 9.17) is 5.11 Å². The van der Waals surface area contributed by atoms with Crippen molar-refractivity contribution in [1.82, 2.24) is 15.2 Å². The van der Waals surface area contributed by atoms with Gasteiger partial charge in [0.1, 0.15) is 5.82 Å². The van der Waals surface area contributed by atoms with E-state index in [2.05, 4.69) is 15.2 Å². The fraction of sp³-hybridized carbons (Fsp3) is 0.667. The molecule has 0 bridgehead atoms. The number of H-pyrrole nitrogens is 2. The molecule has 1 aliphatic carbocycles. The molecule has 82 valence electrons. The van der Waals surface area contributed by atoms with E-state index in [1.165, 1.54) is 0 Å². The second kappa shape index (κ2) is 3.52. The number of carbonyl (C=O) groups is 1. The molecule has 3 atom stereocenters. The lowest BCUT2D eigenvalue weighted by atomic mass is 9.96. The van der Waals surface area contributed by atoms with E-state index in [9.17, 15) is 9.59 Å². The van der Waals surface area contributed by atoms with Crippen LogP contribution in [0.4, 0.5) is 0 Å². The SMILES string of the molecule is CC1CC(C(=O)O)C(c2n[nH]c(=O)[nH]2)C1. The Morgan fingerprint density at radius 2 is 2.27 bits per heavy atom. The Kier molecular flexibility index (Phi) is 2.34. The molecule has 0 spiro atoms. The number of nitrogens with zero attached hydrogens (tertiary/aromatic N) is 1. The van der Waals surface area contributed by atoms with Gasteiger partial charge in [-0.3, -0.25) is 9.78 Å². The number of carboxylic acids is 1. The number of nitrogens with one attached hydrogen (secondary N) is 2. The molecule has 0 aromatic carbocycles. The zero-order valence-electron chi connectivity index (χ0n) is 8.36. The first-order chi connectivity index (χ1) is 7.08. The van der Waals surface area contributed by atoms with Gasteiger partial charge in [-0.25, -0.2) is 9.89 Å². The number of aliphatic carboxylic acids is 1. The van der Waals surface area contributed by atoms with Gasteiger partial charge in [0.05, 0.1) is 5.92 Å². The molecule has 1 aromatic rings. The van der Waals surface area contributed by atoms with E-state index in [0.29, 0.717) is 18.2 Å². The number of aromatic amines is 2. The van der Waals surface area contributed by atoms with Gasteiger partial charge in [0.2, 0.25) is 0 Å². The van der Waals surface area contributed by atoms with Crippen LogP contribution in [0.15, 0.2) is 4.79 Å². The molecular weight excluding hydrogens is 198 g/mol. The van der Waals surface area contributed by atoms with Gasteiger partial charge in [-0.1, -0.05) is 6.92 Å². The number of aromatic nitrogens is 3. The lowest BCUT2D eigenvalue weighted by Gasteiger charge is -2.11.